The summed E-state index contributed by atoms with van der Waals surface area (Å²) in [5.41, 5.74) is 2.62. The molecule has 0 radical (unpaired) electrons. The Labute approximate surface area is 140 Å². The molecule has 2 aromatic rings. The van der Waals surface area contributed by atoms with Crippen LogP contribution in [0.15, 0.2) is 24.3 Å². The van der Waals surface area contributed by atoms with E-state index in [0.29, 0.717) is 16.3 Å². The highest BCUT2D eigenvalue weighted by atomic mass is 35.5. The highest BCUT2D eigenvalue weighted by Crippen LogP contribution is 2.24. The second kappa shape index (κ2) is 6.54. The Balaban J connectivity index is 1.85. The molecule has 1 amide bonds. The Kier molecular flexibility index (Phi) is 4.48. The van der Waals surface area contributed by atoms with Gasteiger partial charge in [-0.3, -0.25) is 4.79 Å². The maximum atomic E-state index is 12.4. The maximum absolute atomic E-state index is 12.4. The lowest BCUT2D eigenvalue weighted by Crippen LogP contribution is -2.22. The van der Waals surface area contributed by atoms with Crippen LogP contribution in [0.5, 0.6) is 0 Å². The average molecular weight is 331 g/mol. The largest absolute Gasteiger partial charge is 0.341 e. The van der Waals surface area contributed by atoms with E-state index in [9.17, 15) is 4.79 Å². The number of nitrogens with zero attached hydrogens (tertiary/aromatic N) is 3. The number of aryl methyl sites for hydroxylation is 2. The van der Waals surface area contributed by atoms with Crippen molar-refractivity contribution in [1.29, 1.82) is 0 Å². The fraction of sp³-hybridized carbons (Fsp3) is 0.353. The van der Waals surface area contributed by atoms with E-state index in [1.54, 1.807) is 24.3 Å². The summed E-state index contributed by atoms with van der Waals surface area (Å²) < 4.78 is 0. The van der Waals surface area contributed by atoms with E-state index in [0.717, 1.165) is 30.4 Å². The number of carbonyl (C=O) groups excluding carboxylic acids is 1. The summed E-state index contributed by atoms with van der Waals surface area (Å²) in [6, 6.07) is 6.97. The number of hydrogen-bond acceptors (Lipinski definition) is 4. The van der Waals surface area contributed by atoms with E-state index >= 15 is 0 Å². The number of halogens is 1. The molecule has 5 nitrogen and oxygen atoms in total. The topological polar surface area (TPSA) is 58.1 Å². The number of hydrogen-bond donors (Lipinski definition) is 1. The molecule has 1 aromatic carbocycles. The van der Waals surface area contributed by atoms with Crippen molar-refractivity contribution in [2.45, 2.75) is 26.7 Å². The van der Waals surface area contributed by atoms with E-state index in [4.69, 9.17) is 11.6 Å². The van der Waals surface area contributed by atoms with Gasteiger partial charge in [-0.05, 0) is 38.8 Å². The van der Waals surface area contributed by atoms with Gasteiger partial charge in [0, 0.05) is 13.1 Å². The monoisotopic (exact) mass is 330 g/mol. The molecule has 0 bridgehead atoms. The van der Waals surface area contributed by atoms with Gasteiger partial charge in [-0.1, -0.05) is 23.7 Å². The van der Waals surface area contributed by atoms with Gasteiger partial charge in [0.2, 0.25) is 5.95 Å². The van der Waals surface area contributed by atoms with Crippen molar-refractivity contribution in [3.63, 3.8) is 0 Å². The van der Waals surface area contributed by atoms with Crippen molar-refractivity contribution in [1.82, 2.24) is 9.97 Å². The maximum Gasteiger partial charge on any atom is 0.257 e. The highest BCUT2D eigenvalue weighted by Gasteiger charge is 2.19. The van der Waals surface area contributed by atoms with Crippen molar-refractivity contribution in [3.05, 3.63) is 46.2 Å². The summed E-state index contributed by atoms with van der Waals surface area (Å²) in [4.78, 5) is 23.7. The summed E-state index contributed by atoms with van der Waals surface area (Å²) in [5, 5.41) is 3.31. The quantitative estimate of drug-likeness (QED) is 0.934. The van der Waals surface area contributed by atoms with Gasteiger partial charge < -0.3 is 10.2 Å². The number of rotatable bonds is 3. The minimum atomic E-state index is -0.251. The molecular formula is C17H19ClN4O. The molecule has 2 heterocycles. The Morgan fingerprint density at radius 1 is 1.13 bits per heavy atom. The minimum absolute atomic E-state index is 0.251. The molecule has 1 aromatic heterocycles. The fourth-order valence-corrected chi connectivity index (χ4v) is 2.99. The van der Waals surface area contributed by atoms with Gasteiger partial charge in [-0.25, -0.2) is 9.97 Å². The van der Waals surface area contributed by atoms with Crippen LogP contribution in [-0.2, 0) is 0 Å². The SMILES string of the molecule is Cc1nc(N2CCCC2)nc(C)c1NC(=O)c1ccccc1Cl. The number of aromatic nitrogens is 2. The van der Waals surface area contributed by atoms with Gasteiger partial charge in [0.1, 0.15) is 0 Å². The first-order valence-electron chi connectivity index (χ1n) is 7.72. The first-order chi connectivity index (χ1) is 11.1. The highest BCUT2D eigenvalue weighted by molar-refractivity contribution is 6.34. The minimum Gasteiger partial charge on any atom is -0.341 e. The van der Waals surface area contributed by atoms with Crippen LogP contribution in [0.3, 0.4) is 0 Å². The Morgan fingerprint density at radius 2 is 1.74 bits per heavy atom. The van der Waals surface area contributed by atoms with Crippen molar-refractivity contribution >= 4 is 29.1 Å². The Morgan fingerprint density at radius 3 is 2.35 bits per heavy atom. The summed E-state index contributed by atoms with van der Waals surface area (Å²) in [6.07, 6.45) is 2.35. The number of nitrogens with one attached hydrogen (secondary N) is 1. The van der Waals surface area contributed by atoms with Gasteiger partial charge >= 0.3 is 0 Å². The molecular weight excluding hydrogens is 312 g/mol. The molecule has 0 unspecified atom stereocenters. The van der Waals surface area contributed by atoms with Gasteiger partial charge in [-0.2, -0.15) is 0 Å². The lowest BCUT2D eigenvalue weighted by molar-refractivity contribution is 0.102. The molecule has 0 aliphatic carbocycles. The van der Waals surface area contributed by atoms with Gasteiger partial charge in [0.05, 0.1) is 27.7 Å². The zero-order chi connectivity index (χ0) is 16.4. The van der Waals surface area contributed by atoms with E-state index < -0.39 is 0 Å². The van der Waals surface area contributed by atoms with Crippen LogP contribution in [0.2, 0.25) is 5.02 Å². The van der Waals surface area contributed by atoms with Crippen molar-refractivity contribution in [3.8, 4) is 0 Å². The van der Waals surface area contributed by atoms with Crippen LogP contribution >= 0.6 is 11.6 Å². The van der Waals surface area contributed by atoms with Crippen LogP contribution in [0, 0.1) is 13.8 Å². The normalized spacial score (nSPS) is 14.1. The molecule has 6 heteroatoms. The van der Waals surface area contributed by atoms with E-state index in [1.165, 1.54) is 12.8 Å². The van der Waals surface area contributed by atoms with Crippen LogP contribution in [0.4, 0.5) is 11.6 Å². The zero-order valence-corrected chi connectivity index (χ0v) is 14.0. The van der Waals surface area contributed by atoms with E-state index in [-0.39, 0.29) is 5.91 Å². The summed E-state index contributed by atoms with van der Waals surface area (Å²) in [7, 11) is 0. The van der Waals surface area contributed by atoms with Crippen LogP contribution in [0.1, 0.15) is 34.6 Å². The lowest BCUT2D eigenvalue weighted by atomic mass is 10.2. The van der Waals surface area contributed by atoms with Crippen molar-refractivity contribution < 1.29 is 4.79 Å². The molecule has 3 rings (SSSR count). The Bertz CT molecular complexity index is 718. The number of anilines is 2. The molecule has 0 spiro atoms. The smallest absolute Gasteiger partial charge is 0.257 e. The Hall–Kier alpha value is -2.14. The summed E-state index contributed by atoms with van der Waals surface area (Å²) in [5.74, 6) is 0.493. The summed E-state index contributed by atoms with van der Waals surface area (Å²) in [6.45, 7) is 5.75. The lowest BCUT2D eigenvalue weighted by Gasteiger charge is -2.18. The molecule has 120 valence electrons. The van der Waals surface area contributed by atoms with Crippen LogP contribution < -0.4 is 10.2 Å². The van der Waals surface area contributed by atoms with Gasteiger partial charge in [-0.15, -0.1) is 0 Å². The second-order valence-electron chi connectivity index (χ2n) is 5.70. The molecule has 0 saturated carbocycles. The van der Waals surface area contributed by atoms with Gasteiger partial charge in [0.25, 0.3) is 5.91 Å². The predicted octanol–water partition coefficient (Wildman–Crippen LogP) is 3.60. The second-order valence-corrected chi connectivity index (χ2v) is 6.10. The molecule has 1 N–H and O–H groups in total. The average Bonchev–Trinajstić information content (AvgIpc) is 3.05. The molecule has 1 aliphatic heterocycles. The number of benzene rings is 1. The molecule has 1 fully saturated rings. The van der Waals surface area contributed by atoms with E-state index in [2.05, 4.69) is 20.2 Å². The first kappa shape index (κ1) is 15.7. The third kappa shape index (κ3) is 3.29. The van der Waals surface area contributed by atoms with Crippen LogP contribution in [0.25, 0.3) is 0 Å². The number of carbonyl (C=O) groups is 1. The third-order valence-corrected chi connectivity index (χ3v) is 4.33. The molecule has 23 heavy (non-hydrogen) atoms. The predicted molar refractivity (Wildman–Crippen MR) is 92.4 cm³/mol. The number of amides is 1. The molecule has 1 saturated heterocycles. The van der Waals surface area contributed by atoms with E-state index in [1.807, 2.05) is 13.8 Å². The molecule has 1 aliphatic rings. The fourth-order valence-electron chi connectivity index (χ4n) is 2.76. The van der Waals surface area contributed by atoms with Crippen molar-refractivity contribution in [2.75, 3.05) is 23.3 Å². The zero-order valence-electron chi connectivity index (χ0n) is 13.3. The van der Waals surface area contributed by atoms with Crippen LogP contribution in [-0.4, -0.2) is 29.0 Å². The first-order valence-corrected chi connectivity index (χ1v) is 8.10. The van der Waals surface area contributed by atoms with Crippen molar-refractivity contribution in [2.24, 2.45) is 0 Å². The summed E-state index contributed by atoms with van der Waals surface area (Å²) >= 11 is 6.08. The standard InChI is InChI=1S/C17H19ClN4O/c1-11-15(21-16(23)13-7-3-4-8-14(13)18)12(2)20-17(19-11)22-9-5-6-10-22/h3-4,7-8H,5-6,9-10H2,1-2H3,(H,21,23). The third-order valence-electron chi connectivity index (χ3n) is 4.00. The molecule has 0 atom stereocenters. The van der Waals surface area contributed by atoms with Gasteiger partial charge in [0.15, 0.2) is 0 Å².